The molecule has 3 rings (SSSR count). The molecule has 2 aromatic carbocycles. The highest BCUT2D eigenvalue weighted by Crippen LogP contribution is 2.41. The zero-order valence-corrected chi connectivity index (χ0v) is 18.0. The Morgan fingerprint density at radius 3 is 2.10 bits per heavy atom. The van der Waals surface area contributed by atoms with Gasteiger partial charge < -0.3 is 28.4 Å². The van der Waals surface area contributed by atoms with Gasteiger partial charge in [-0.3, -0.25) is 9.59 Å². The summed E-state index contributed by atoms with van der Waals surface area (Å²) in [6.45, 7) is 2.72. The molecule has 0 aromatic heterocycles. The molecule has 0 spiro atoms. The maximum Gasteiger partial charge on any atom is 0.314 e. The van der Waals surface area contributed by atoms with Gasteiger partial charge in [-0.15, -0.1) is 0 Å². The molecule has 1 heterocycles. The predicted molar refractivity (Wildman–Crippen MR) is 111 cm³/mol. The van der Waals surface area contributed by atoms with Gasteiger partial charge in [0.15, 0.2) is 23.0 Å². The van der Waals surface area contributed by atoms with E-state index in [1.807, 2.05) is 0 Å². The summed E-state index contributed by atoms with van der Waals surface area (Å²) in [5.41, 5.74) is 1.07. The number of fused-ring (bicyclic) bond motifs is 1. The molecule has 0 aliphatic carbocycles. The molecule has 0 amide bonds. The maximum absolute atomic E-state index is 13.1. The Labute approximate surface area is 181 Å². The van der Waals surface area contributed by atoms with Crippen molar-refractivity contribution in [1.82, 2.24) is 0 Å². The van der Waals surface area contributed by atoms with E-state index in [0.29, 0.717) is 47.3 Å². The van der Waals surface area contributed by atoms with Crippen LogP contribution in [0, 0.1) is 0 Å². The number of ether oxygens (including phenoxy) is 6. The monoisotopic (exact) mass is 430 g/mol. The molecular formula is C23H26O8. The van der Waals surface area contributed by atoms with Crippen LogP contribution in [0.1, 0.15) is 29.9 Å². The summed E-state index contributed by atoms with van der Waals surface area (Å²) in [5, 5.41) is 0. The number of hydrogen-bond acceptors (Lipinski definition) is 8. The van der Waals surface area contributed by atoms with E-state index >= 15 is 0 Å². The van der Waals surface area contributed by atoms with E-state index in [4.69, 9.17) is 28.4 Å². The van der Waals surface area contributed by atoms with Crippen molar-refractivity contribution in [1.29, 1.82) is 0 Å². The van der Waals surface area contributed by atoms with Gasteiger partial charge >= 0.3 is 11.9 Å². The molecule has 31 heavy (non-hydrogen) atoms. The summed E-state index contributed by atoms with van der Waals surface area (Å²) >= 11 is 0. The minimum atomic E-state index is -0.980. The third-order valence-corrected chi connectivity index (χ3v) is 5.02. The van der Waals surface area contributed by atoms with Crippen LogP contribution < -0.4 is 18.9 Å². The molecule has 8 heteroatoms. The topological polar surface area (TPSA) is 89.5 Å². The summed E-state index contributed by atoms with van der Waals surface area (Å²) in [6.07, 6.45) is 0. The lowest BCUT2D eigenvalue weighted by molar-refractivity contribution is -0.152. The lowest BCUT2D eigenvalue weighted by Crippen LogP contribution is -2.29. The van der Waals surface area contributed by atoms with Gasteiger partial charge in [-0.2, -0.15) is 0 Å². The molecule has 1 aliphatic rings. The van der Waals surface area contributed by atoms with Crippen LogP contribution in [0.2, 0.25) is 0 Å². The number of methoxy groups -OCH3 is 3. The lowest BCUT2D eigenvalue weighted by Gasteiger charge is -2.26. The minimum Gasteiger partial charge on any atom is -0.493 e. The largest absolute Gasteiger partial charge is 0.493 e. The highest BCUT2D eigenvalue weighted by atomic mass is 16.6. The summed E-state index contributed by atoms with van der Waals surface area (Å²) in [7, 11) is 4.30. The molecule has 0 radical (unpaired) electrons. The Hall–Kier alpha value is -3.42. The number of carbonyl (C=O) groups excluding carboxylic acids is 2. The SMILES string of the molecule is CCOC(=O)C(c1ccc2c(c1)OCCO2)C(C(=O)OC)c1ccc(OC)c(OC)c1. The zero-order valence-electron chi connectivity index (χ0n) is 18.0. The molecule has 166 valence electrons. The quantitative estimate of drug-likeness (QED) is 0.591. The van der Waals surface area contributed by atoms with Crippen molar-refractivity contribution in [2.45, 2.75) is 18.8 Å². The Bertz CT molecular complexity index is 939. The van der Waals surface area contributed by atoms with Gasteiger partial charge in [-0.1, -0.05) is 12.1 Å². The van der Waals surface area contributed by atoms with Crippen LogP contribution in [-0.4, -0.2) is 53.1 Å². The number of rotatable bonds is 8. The van der Waals surface area contributed by atoms with Crippen LogP contribution in [0.25, 0.3) is 0 Å². The van der Waals surface area contributed by atoms with Gasteiger partial charge in [0.05, 0.1) is 39.8 Å². The van der Waals surface area contributed by atoms with Crippen LogP contribution in [0.15, 0.2) is 36.4 Å². The fourth-order valence-electron chi connectivity index (χ4n) is 3.59. The van der Waals surface area contributed by atoms with Crippen molar-refractivity contribution in [3.05, 3.63) is 47.5 Å². The Morgan fingerprint density at radius 2 is 1.45 bits per heavy atom. The molecule has 0 saturated heterocycles. The van der Waals surface area contributed by atoms with Gasteiger partial charge in [0, 0.05) is 0 Å². The first kappa shape index (κ1) is 22.3. The van der Waals surface area contributed by atoms with E-state index in [1.165, 1.54) is 21.3 Å². The molecular weight excluding hydrogens is 404 g/mol. The van der Waals surface area contributed by atoms with Crippen molar-refractivity contribution < 1.29 is 38.0 Å². The van der Waals surface area contributed by atoms with E-state index in [-0.39, 0.29) is 6.61 Å². The second-order valence-electron chi connectivity index (χ2n) is 6.75. The van der Waals surface area contributed by atoms with Gasteiger partial charge in [0.1, 0.15) is 13.2 Å². The van der Waals surface area contributed by atoms with E-state index in [1.54, 1.807) is 43.3 Å². The molecule has 1 aliphatic heterocycles. The Morgan fingerprint density at radius 1 is 0.839 bits per heavy atom. The lowest BCUT2D eigenvalue weighted by atomic mass is 9.81. The summed E-state index contributed by atoms with van der Waals surface area (Å²) < 4.78 is 32.3. The summed E-state index contributed by atoms with van der Waals surface area (Å²) in [6, 6.07) is 10.2. The number of hydrogen-bond donors (Lipinski definition) is 0. The normalized spacial score (nSPS) is 14.2. The van der Waals surface area contributed by atoms with Crippen molar-refractivity contribution >= 4 is 11.9 Å². The number of benzene rings is 2. The van der Waals surface area contributed by atoms with Crippen LogP contribution in [0.3, 0.4) is 0 Å². The van der Waals surface area contributed by atoms with E-state index in [0.717, 1.165) is 0 Å². The van der Waals surface area contributed by atoms with Gasteiger partial charge in [-0.25, -0.2) is 0 Å². The molecule has 2 aromatic rings. The Balaban J connectivity index is 2.13. The molecule has 0 saturated carbocycles. The maximum atomic E-state index is 13.1. The van der Waals surface area contributed by atoms with Gasteiger partial charge in [-0.05, 0) is 42.3 Å². The number of esters is 2. The summed E-state index contributed by atoms with van der Waals surface area (Å²) in [5.74, 6) is -1.06. The molecule has 0 N–H and O–H groups in total. The predicted octanol–water partition coefficient (Wildman–Crippen LogP) is 3.08. The second kappa shape index (κ2) is 10.1. The van der Waals surface area contributed by atoms with Crippen molar-refractivity contribution in [2.24, 2.45) is 0 Å². The van der Waals surface area contributed by atoms with Crippen LogP contribution in [0.5, 0.6) is 23.0 Å². The molecule has 0 fully saturated rings. The summed E-state index contributed by atoms with van der Waals surface area (Å²) in [4.78, 5) is 26.0. The average molecular weight is 430 g/mol. The minimum absolute atomic E-state index is 0.166. The molecule has 2 atom stereocenters. The third-order valence-electron chi connectivity index (χ3n) is 5.02. The highest BCUT2D eigenvalue weighted by molar-refractivity contribution is 5.90. The number of carbonyl (C=O) groups is 2. The fourth-order valence-corrected chi connectivity index (χ4v) is 3.59. The van der Waals surface area contributed by atoms with Crippen molar-refractivity contribution in [2.75, 3.05) is 41.2 Å². The first-order valence-electron chi connectivity index (χ1n) is 9.89. The second-order valence-corrected chi connectivity index (χ2v) is 6.75. The standard InChI is InChI=1S/C23H26O8/c1-5-29-23(25)21(15-7-9-17-19(13-15)31-11-10-30-17)20(22(24)28-4)14-6-8-16(26-2)18(12-14)27-3/h6-9,12-13,20-21H,5,10-11H2,1-4H3. The van der Waals surface area contributed by atoms with Crippen LogP contribution in [0.4, 0.5) is 0 Å². The van der Waals surface area contributed by atoms with E-state index < -0.39 is 23.8 Å². The first-order chi connectivity index (χ1) is 15.0. The molecule has 2 unspecified atom stereocenters. The van der Waals surface area contributed by atoms with Crippen LogP contribution >= 0.6 is 0 Å². The molecule has 8 nitrogen and oxygen atoms in total. The van der Waals surface area contributed by atoms with Crippen molar-refractivity contribution in [3.63, 3.8) is 0 Å². The van der Waals surface area contributed by atoms with Gasteiger partial charge in [0.2, 0.25) is 0 Å². The van der Waals surface area contributed by atoms with Gasteiger partial charge in [0.25, 0.3) is 0 Å². The molecule has 0 bridgehead atoms. The zero-order chi connectivity index (χ0) is 22.4. The van der Waals surface area contributed by atoms with E-state index in [9.17, 15) is 9.59 Å². The van der Waals surface area contributed by atoms with Crippen molar-refractivity contribution in [3.8, 4) is 23.0 Å². The third kappa shape index (κ3) is 4.68. The highest BCUT2D eigenvalue weighted by Gasteiger charge is 2.39. The Kier molecular flexibility index (Phi) is 7.23. The van der Waals surface area contributed by atoms with Crippen LogP contribution in [-0.2, 0) is 19.1 Å². The smallest absolute Gasteiger partial charge is 0.314 e. The van der Waals surface area contributed by atoms with E-state index in [2.05, 4.69) is 0 Å². The average Bonchev–Trinajstić information content (AvgIpc) is 2.81. The first-order valence-corrected chi connectivity index (χ1v) is 9.89. The fraction of sp³-hybridized carbons (Fsp3) is 0.391.